The molecule has 2 aromatic rings. The van der Waals surface area contributed by atoms with Crippen molar-refractivity contribution in [3.05, 3.63) is 62.4 Å². The molecule has 0 spiro atoms. The Morgan fingerprint density at radius 1 is 1.07 bits per heavy atom. The Morgan fingerprint density at radius 2 is 1.78 bits per heavy atom. The van der Waals surface area contributed by atoms with Crippen molar-refractivity contribution in [3.8, 4) is 0 Å². The van der Waals surface area contributed by atoms with Crippen molar-refractivity contribution in [2.75, 3.05) is 18.5 Å². The van der Waals surface area contributed by atoms with E-state index in [1.807, 2.05) is 18.2 Å². The summed E-state index contributed by atoms with van der Waals surface area (Å²) in [5.74, 6) is -0.0117. The summed E-state index contributed by atoms with van der Waals surface area (Å²) >= 11 is 0. The number of aliphatic hydroxyl groups is 1. The Hall–Kier alpha value is -2.87. The van der Waals surface area contributed by atoms with Crippen LogP contribution in [0.3, 0.4) is 0 Å². The Bertz CT molecular complexity index is 883. The molecule has 0 atom stereocenters. The van der Waals surface area contributed by atoms with Gasteiger partial charge in [0.05, 0.1) is 6.61 Å². The highest BCUT2D eigenvalue weighted by atomic mass is 16.3. The molecule has 3 rings (SSSR count). The lowest BCUT2D eigenvalue weighted by Gasteiger charge is -2.29. The van der Waals surface area contributed by atoms with Gasteiger partial charge >= 0.3 is 5.69 Å². The summed E-state index contributed by atoms with van der Waals surface area (Å²) in [7, 11) is 0. The molecular formula is C19H24N4O4. The van der Waals surface area contributed by atoms with E-state index in [4.69, 9.17) is 5.11 Å². The number of H-pyrrole nitrogens is 2. The number of rotatable bonds is 6. The first-order valence-corrected chi connectivity index (χ1v) is 9.15. The molecule has 1 heterocycles. The zero-order valence-corrected chi connectivity index (χ0v) is 15.0. The minimum Gasteiger partial charge on any atom is -0.395 e. The van der Waals surface area contributed by atoms with Crippen LogP contribution in [-0.2, 0) is 0 Å². The van der Waals surface area contributed by atoms with Gasteiger partial charge in [0.15, 0.2) is 0 Å². The van der Waals surface area contributed by atoms with E-state index in [0.717, 1.165) is 25.7 Å². The molecule has 27 heavy (non-hydrogen) atoms. The largest absolute Gasteiger partial charge is 0.395 e. The van der Waals surface area contributed by atoms with Crippen molar-refractivity contribution >= 4 is 11.6 Å². The topological polar surface area (TPSA) is 127 Å². The number of amides is 1. The summed E-state index contributed by atoms with van der Waals surface area (Å²) in [6.07, 6.45) is 3.60. The molecule has 1 aromatic carbocycles. The van der Waals surface area contributed by atoms with E-state index in [-0.39, 0.29) is 30.6 Å². The van der Waals surface area contributed by atoms with Crippen molar-refractivity contribution in [3.63, 3.8) is 0 Å². The molecule has 1 aliphatic carbocycles. The standard InChI is InChI=1S/C19H24N4O4/c24-11-10-20-15-16(22-19(27)23-17(15)25)18(26)21-14-8-6-13(7-9-14)12-4-2-1-3-5-12/h1-5,13-14,20,24H,6-11H2,(H,21,26)(H2,22,23,25,27)/t13-,14+. The number of anilines is 1. The molecule has 8 nitrogen and oxygen atoms in total. The number of hydrogen-bond donors (Lipinski definition) is 5. The second kappa shape index (κ2) is 8.68. The third kappa shape index (κ3) is 4.65. The average molecular weight is 372 g/mol. The normalized spacial score (nSPS) is 19.4. The van der Waals surface area contributed by atoms with Gasteiger partial charge < -0.3 is 20.7 Å². The monoisotopic (exact) mass is 372 g/mol. The second-order valence-corrected chi connectivity index (χ2v) is 6.74. The average Bonchev–Trinajstić information content (AvgIpc) is 2.68. The number of aliphatic hydroxyl groups excluding tert-OH is 1. The van der Waals surface area contributed by atoms with Gasteiger partial charge in [0.25, 0.3) is 11.5 Å². The Balaban J connectivity index is 1.66. The van der Waals surface area contributed by atoms with Gasteiger partial charge in [0.1, 0.15) is 11.4 Å². The zero-order valence-electron chi connectivity index (χ0n) is 15.0. The summed E-state index contributed by atoms with van der Waals surface area (Å²) in [6.45, 7) is -0.110. The molecule has 0 saturated heterocycles. The summed E-state index contributed by atoms with van der Waals surface area (Å²) in [5, 5.41) is 14.5. The number of carbonyl (C=O) groups excluding carboxylic acids is 1. The SMILES string of the molecule is O=C(N[C@H]1CC[C@@H](c2ccccc2)CC1)c1[nH]c(=O)[nH]c(=O)c1NCCO. The minimum absolute atomic E-state index is 0.00839. The first kappa shape index (κ1) is 18.9. The second-order valence-electron chi connectivity index (χ2n) is 6.74. The predicted octanol–water partition coefficient (Wildman–Crippen LogP) is 0.924. The lowest BCUT2D eigenvalue weighted by molar-refractivity contribution is 0.0921. The number of nitrogens with one attached hydrogen (secondary N) is 4. The molecule has 0 aliphatic heterocycles. The van der Waals surface area contributed by atoms with Crippen LogP contribution in [0, 0.1) is 0 Å². The van der Waals surface area contributed by atoms with Crippen LogP contribution < -0.4 is 21.9 Å². The van der Waals surface area contributed by atoms with Crippen molar-refractivity contribution < 1.29 is 9.90 Å². The van der Waals surface area contributed by atoms with E-state index >= 15 is 0 Å². The van der Waals surface area contributed by atoms with Crippen molar-refractivity contribution in [2.24, 2.45) is 0 Å². The highest BCUT2D eigenvalue weighted by molar-refractivity contribution is 5.97. The van der Waals surface area contributed by atoms with Crippen LogP contribution in [0.1, 0.15) is 47.7 Å². The number of benzene rings is 1. The molecule has 1 amide bonds. The number of carbonyl (C=O) groups is 1. The Labute approximate surface area is 156 Å². The smallest absolute Gasteiger partial charge is 0.326 e. The highest BCUT2D eigenvalue weighted by Crippen LogP contribution is 2.32. The maximum atomic E-state index is 12.6. The van der Waals surface area contributed by atoms with Crippen LogP contribution in [0.4, 0.5) is 5.69 Å². The maximum Gasteiger partial charge on any atom is 0.326 e. The van der Waals surface area contributed by atoms with E-state index in [0.29, 0.717) is 5.92 Å². The summed E-state index contributed by atoms with van der Waals surface area (Å²) in [5.41, 5.74) is -0.268. The van der Waals surface area contributed by atoms with Crippen LogP contribution in [0.5, 0.6) is 0 Å². The third-order valence-corrected chi connectivity index (χ3v) is 4.92. The van der Waals surface area contributed by atoms with Gasteiger partial charge in [-0.3, -0.25) is 14.6 Å². The number of aromatic nitrogens is 2. The van der Waals surface area contributed by atoms with Crippen molar-refractivity contribution in [1.29, 1.82) is 0 Å². The predicted molar refractivity (Wildman–Crippen MR) is 102 cm³/mol. The van der Waals surface area contributed by atoms with E-state index in [9.17, 15) is 14.4 Å². The van der Waals surface area contributed by atoms with Gasteiger partial charge in [0.2, 0.25) is 0 Å². The molecule has 8 heteroatoms. The van der Waals surface area contributed by atoms with Gasteiger partial charge in [-0.25, -0.2) is 4.79 Å². The fourth-order valence-corrected chi connectivity index (χ4v) is 3.56. The van der Waals surface area contributed by atoms with E-state index in [1.54, 1.807) is 0 Å². The van der Waals surface area contributed by atoms with Gasteiger partial charge in [-0.15, -0.1) is 0 Å². The molecule has 1 saturated carbocycles. The van der Waals surface area contributed by atoms with E-state index in [2.05, 4.69) is 32.7 Å². The quantitative estimate of drug-likeness (QED) is 0.515. The molecule has 1 aromatic heterocycles. The number of aromatic amines is 2. The van der Waals surface area contributed by atoms with Crippen LogP contribution in [0.15, 0.2) is 39.9 Å². The fourth-order valence-electron chi connectivity index (χ4n) is 3.56. The van der Waals surface area contributed by atoms with E-state index < -0.39 is 17.2 Å². The summed E-state index contributed by atoms with van der Waals surface area (Å²) in [4.78, 5) is 40.6. The first-order chi connectivity index (χ1) is 13.1. The number of hydrogen-bond acceptors (Lipinski definition) is 5. The zero-order chi connectivity index (χ0) is 19.2. The molecule has 0 unspecified atom stereocenters. The van der Waals surface area contributed by atoms with Gasteiger partial charge in [-0.2, -0.15) is 0 Å². The van der Waals surface area contributed by atoms with E-state index in [1.165, 1.54) is 5.56 Å². The van der Waals surface area contributed by atoms with Gasteiger partial charge in [0, 0.05) is 12.6 Å². The third-order valence-electron chi connectivity index (χ3n) is 4.92. The lowest BCUT2D eigenvalue weighted by atomic mass is 9.82. The molecule has 144 valence electrons. The first-order valence-electron chi connectivity index (χ1n) is 9.15. The molecule has 1 fully saturated rings. The lowest BCUT2D eigenvalue weighted by Crippen LogP contribution is -2.40. The van der Waals surface area contributed by atoms with Crippen LogP contribution in [-0.4, -0.2) is 40.2 Å². The highest BCUT2D eigenvalue weighted by Gasteiger charge is 2.25. The Morgan fingerprint density at radius 3 is 2.44 bits per heavy atom. The maximum absolute atomic E-state index is 12.6. The molecule has 0 radical (unpaired) electrons. The summed E-state index contributed by atoms with van der Waals surface area (Å²) < 4.78 is 0. The van der Waals surface area contributed by atoms with Crippen LogP contribution in [0.25, 0.3) is 0 Å². The van der Waals surface area contributed by atoms with Crippen molar-refractivity contribution in [2.45, 2.75) is 37.6 Å². The molecule has 5 N–H and O–H groups in total. The minimum atomic E-state index is -0.743. The summed E-state index contributed by atoms with van der Waals surface area (Å²) in [6, 6.07) is 10.3. The molecule has 0 bridgehead atoms. The van der Waals surface area contributed by atoms with Gasteiger partial charge in [-0.05, 0) is 37.2 Å². The van der Waals surface area contributed by atoms with Crippen LogP contribution >= 0.6 is 0 Å². The Kier molecular flexibility index (Phi) is 6.08. The molecule has 1 aliphatic rings. The van der Waals surface area contributed by atoms with Gasteiger partial charge in [-0.1, -0.05) is 30.3 Å². The molecular weight excluding hydrogens is 348 g/mol. The fraction of sp³-hybridized carbons (Fsp3) is 0.421. The van der Waals surface area contributed by atoms with Crippen molar-refractivity contribution in [1.82, 2.24) is 15.3 Å². The van der Waals surface area contributed by atoms with Crippen LogP contribution in [0.2, 0.25) is 0 Å².